The minimum Gasteiger partial charge on any atom is -0.495 e. The predicted octanol–water partition coefficient (Wildman–Crippen LogP) is 4.93. The molecule has 4 rings (SSSR count). The number of fused-ring (bicyclic) bond motifs is 3. The van der Waals surface area contributed by atoms with E-state index in [1.807, 2.05) is 6.07 Å². The molecule has 2 aromatic carbocycles. The second-order valence-electron chi connectivity index (χ2n) is 7.48. The molecule has 0 spiro atoms. The molecular weight excluding hydrogens is 489 g/mol. The topological polar surface area (TPSA) is 99.3 Å². The van der Waals surface area contributed by atoms with Crippen LogP contribution in [0.2, 0.25) is 5.02 Å². The van der Waals surface area contributed by atoms with Gasteiger partial charge in [-0.15, -0.1) is 10.2 Å². The molecule has 0 fully saturated rings. The van der Waals surface area contributed by atoms with Crippen molar-refractivity contribution in [1.29, 1.82) is 5.26 Å². The van der Waals surface area contributed by atoms with Crippen LogP contribution < -0.4 is 4.74 Å². The zero-order valence-electron chi connectivity index (χ0n) is 18.5. The average Bonchev–Trinajstić information content (AvgIpc) is 3.23. The third-order valence-electron chi connectivity index (χ3n) is 5.36. The fourth-order valence-electron chi connectivity index (χ4n) is 3.90. The lowest BCUT2D eigenvalue weighted by atomic mass is 9.97. The average molecular weight is 507 g/mol. The van der Waals surface area contributed by atoms with Gasteiger partial charge in [0.1, 0.15) is 18.0 Å². The summed E-state index contributed by atoms with van der Waals surface area (Å²) in [4.78, 5) is 12.3. The first kappa shape index (κ1) is 24.5. The van der Waals surface area contributed by atoms with Gasteiger partial charge in [-0.1, -0.05) is 23.7 Å². The number of methoxy groups -OCH3 is 1. The Kier molecular flexibility index (Phi) is 6.69. The number of hydrogen-bond acceptors (Lipinski definition) is 7. The maximum atomic E-state index is 13.9. The van der Waals surface area contributed by atoms with Crippen LogP contribution in [0.4, 0.5) is 13.2 Å². The lowest BCUT2D eigenvalue weighted by Gasteiger charge is -2.23. The second-order valence-corrected chi connectivity index (χ2v) is 7.86. The highest BCUT2D eigenvalue weighted by atomic mass is 35.5. The molecule has 3 aromatic rings. The van der Waals surface area contributed by atoms with E-state index in [2.05, 4.69) is 10.2 Å². The molecule has 0 radical (unpaired) electrons. The van der Waals surface area contributed by atoms with Gasteiger partial charge in [0.15, 0.2) is 5.82 Å². The minimum atomic E-state index is -4.86. The van der Waals surface area contributed by atoms with Crippen LogP contribution >= 0.6 is 11.6 Å². The Hall–Kier alpha value is -3.62. The quantitative estimate of drug-likeness (QED) is 0.452. The number of rotatable bonds is 5. The van der Waals surface area contributed by atoms with E-state index < -0.39 is 36.6 Å². The van der Waals surface area contributed by atoms with Crippen LogP contribution in [-0.2, 0) is 20.4 Å². The van der Waals surface area contributed by atoms with Crippen LogP contribution in [0.3, 0.4) is 0 Å². The highest BCUT2D eigenvalue weighted by Crippen LogP contribution is 2.46. The maximum absolute atomic E-state index is 13.9. The molecule has 2 atom stereocenters. The van der Waals surface area contributed by atoms with Crippen molar-refractivity contribution in [2.45, 2.75) is 31.7 Å². The molecule has 0 aliphatic carbocycles. The molecule has 8 nitrogen and oxygen atoms in total. The summed E-state index contributed by atoms with van der Waals surface area (Å²) < 4.78 is 59.1. The van der Waals surface area contributed by atoms with Gasteiger partial charge >= 0.3 is 12.1 Å². The largest absolute Gasteiger partial charge is 0.495 e. The standard InChI is InChI=1S/C23H18ClF3N4O4/c1-3-34-18(32)10-17-21-29-30-22(23(25,26)27)31(21)15-8-7-12(11-28)9-14(15)20(35-17)13-5-4-6-16(33-2)19(13)24/h4-9,17,20H,3,10H2,1-2H3/t17-,20-/m1/s1. The summed E-state index contributed by atoms with van der Waals surface area (Å²) in [6.07, 6.45) is -7.65. The van der Waals surface area contributed by atoms with E-state index in [0.717, 1.165) is 4.57 Å². The van der Waals surface area contributed by atoms with Gasteiger partial charge < -0.3 is 14.2 Å². The second kappa shape index (κ2) is 9.56. The van der Waals surface area contributed by atoms with Gasteiger partial charge in [0.05, 0.1) is 42.5 Å². The van der Waals surface area contributed by atoms with Crippen LogP contribution in [-0.4, -0.2) is 34.5 Å². The van der Waals surface area contributed by atoms with Crippen LogP contribution in [0.5, 0.6) is 5.75 Å². The summed E-state index contributed by atoms with van der Waals surface area (Å²) in [5, 5.41) is 16.7. The molecule has 35 heavy (non-hydrogen) atoms. The predicted molar refractivity (Wildman–Crippen MR) is 116 cm³/mol. The highest BCUT2D eigenvalue weighted by molar-refractivity contribution is 6.32. The summed E-state index contributed by atoms with van der Waals surface area (Å²) in [5.41, 5.74) is 0.788. The van der Waals surface area contributed by atoms with Gasteiger partial charge in [-0.2, -0.15) is 18.4 Å². The number of hydrogen-bond donors (Lipinski definition) is 0. The molecular formula is C23H18ClF3N4O4. The molecule has 0 saturated carbocycles. The first-order valence-corrected chi connectivity index (χ1v) is 10.8. The maximum Gasteiger partial charge on any atom is 0.452 e. The molecule has 182 valence electrons. The van der Waals surface area contributed by atoms with Gasteiger partial charge in [0.2, 0.25) is 5.82 Å². The number of nitrogens with zero attached hydrogens (tertiary/aromatic N) is 4. The Balaban J connectivity index is 2.01. The molecule has 1 aliphatic rings. The summed E-state index contributed by atoms with van der Waals surface area (Å²) in [7, 11) is 1.42. The summed E-state index contributed by atoms with van der Waals surface area (Å²) >= 11 is 6.55. The zero-order chi connectivity index (χ0) is 25.3. The van der Waals surface area contributed by atoms with E-state index in [1.54, 1.807) is 25.1 Å². The number of esters is 1. The first-order chi connectivity index (χ1) is 16.7. The third-order valence-corrected chi connectivity index (χ3v) is 5.77. The van der Waals surface area contributed by atoms with Crippen molar-refractivity contribution < 1.29 is 32.2 Å². The Morgan fingerprint density at radius 2 is 2.03 bits per heavy atom. The number of halogens is 4. The Labute approximate surface area is 202 Å². The smallest absolute Gasteiger partial charge is 0.452 e. The third kappa shape index (κ3) is 4.54. The van der Waals surface area contributed by atoms with E-state index in [4.69, 9.17) is 25.8 Å². The molecule has 0 saturated heterocycles. The number of nitriles is 1. The molecule has 2 heterocycles. The van der Waals surface area contributed by atoms with Crippen molar-refractivity contribution in [3.05, 3.63) is 69.8 Å². The monoisotopic (exact) mass is 506 g/mol. The SMILES string of the molecule is CCOC(=O)C[C@H]1O[C@H](c2cccc(OC)c2Cl)c2cc(C#N)ccc2-n2c1nnc2C(F)(F)F. The summed E-state index contributed by atoms with van der Waals surface area (Å²) in [6.45, 7) is 1.68. The number of benzene rings is 2. The van der Waals surface area contributed by atoms with Gasteiger partial charge in [0.25, 0.3) is 0 Å². The molecule has 0 N–H and O–H groups in total. The van der Waals surface area contributed by atoms with E-state index in [9.17, 15) is 23.2 Å². The van der Waals surface area contributed by atoms with Crippen molar-refractivity contribution in [2.75, 3.05) is 13.7 Å². The number of carbonyl (C=O) groups excluding carboxylic acids is 1. The number of carbonyl (C=O) groups is 1. The Morgan fingerprint density at radius 1 is 1.26 bits per heavy atom. The van der Waals surface area contributed by atoms with E-state index in [-0.39, 0.29) is 34.3 Å². The van der Waals surface area contributed by atoms with Crippen molar-refractivity contribution in [3.63, 3.8) is 0 Å². The summed E-state index contributed by atoms with van der Waals surface area (Å²) in [6, 6.07) is 11.0. The molecule has 1 aromatic heterocycles. The normalized spacial score (nSPS) is 17.1. The fraction of sp³-hybridized carbons (Fsp3) is 0.304. The van der Waals surface area contributed by atoms with Crippen molar-refractivity contribution in [1.82, 2.24) is 14.8 Å². The van der Waals surface area contributed by atoms with Crippen LogP contribution in [0.25, 0.3) is 5.69 Å². The van der Waals surface area contributed by atoms with Crippen LogP contribution in [0.1, 0.15) is 53.9 Å². The van der Waals surface area contributed by atoms with E-state index >= 15 is 0 Å². The first-order valence-electron chi connectivity index (χ1n) is 10.4. The van der Waals surface area contributed by atoms with E-state index in [1.165, 1.54) is 25.3 Å². The van der Waals surface area contributed by atoms with E-state index in [0.29, 0.717) is 11.3 Å². The number of aromatic nitrogens is 3. The van der Waals surface area contributed by atoms with Crippen molar-refractivity contribution in [3.8, 4) is 17.5 Å². The minimum absolute atomic E-state index is 0.0339. The molecule has 12 heteroatoms. The van der Waals surface area contributed by atoms with Crippen molar-refractivity contribution >= 4 is 17.6 Å². The van der Waals surface area contributed by atoms with Gasteiger partial charge in [-0.25, -0.2) is 0 Å². The molecule has 0 amide bonds. The zero-order valence-corrected chi connectivity index (χ0v) is 19.2. The Bertz CT molecular complexity index is 1320. The number of alkyl halides is 3. The molecule has 1 aliphatic heterocycles. The van der Waals surface area contributed by atoms with Gasteiger partial charge in [0, 0.05) is 11.1 Å². The van der Waals surface area contributed by atoms with Crippen LogP contribution in [0.15, 0.2) is 36.4 Å². The molecule has 0 unspecified atom stereocenters. The lowest BCUT2D eigenvalue weighted by molar-refractivity contribution is -0.147. The Morgan fingerprint density at radius 3 is 2.69 bits per heavy atom. The summed E-state index contributed by atoms with van der Waals surface area (Å²) in [5.74, 6) is -1.92. The van der Waals surface area contributed by atoms with Gasteiger partial charge in [-0.05, 0) is 31.2 Å². The number of ether oxygens (including phenoxy) is 3. The fourth-order valence-corrected chi connectivity index (χ4v) is 4.20. The molecule has 0 bridgehead atoms. The van der Waals surface area contributed by atoms with Crippen LogP contribution in [0, 0.1) is 11.3 Å². The van der Waals surface area contributed by atoms with Gasteiger partial charge in [-0.3, -0.25) is 9.36 Å². The van der Waals surface area contributed by atoms with Crippen molar-refractivity contribution in [2.24, 2.45) is 0 Å². The highest BCUT2D eigenvalue weighted by Gasteiger charge is 2.43. The lowest BCUT2D eigenvalue weighted by Crippen LogP contribution is -2.18.